The summed E-state index contributed by atoms with van der Waals surface area (Å²) < 4.78 is 0. The molecule has 12 heavy (non-hydrogen) atoms. The average Bonchev–Trinajstić information content (AvgIpc) is 2.05. The van der Waals surface area contributed by atoms with Crippen LogP contribution in [0.1, 0.15) is 5.56 Å². The Morgan fingerprint density at radius 1 is 1.17 bits per heavy atom. The van der Waals surface area contributed by atoms with Gasteiger partial charge in [0, 0.05) is 6.54 Å². The molecule has 0 radical (unpaired) electrons. The molecule has 1 aromatic rings. The monoisotopic (exact) mass is 166 g/mol. The second-order valence-corrected chi connectivity index (χ2v) is 2.15. The highest BCUT2D eigenvalue weighted by Gasteiger charge is 1.80. The van der Waals surface area contributed by atoms with E-state index in [1.807, 2.05) is 30.3 Å². The van der Waals surface area contributed by atoms with Gasteiger partial charge in [0.05, 0.1) is 0 Å². The molecule has 0 aliphatic carbocycles. The van der Waals surface area contributed by atoms with Crippen LogP contribution in [0.5, 0.6) is 0 Å². The SMILES string of the molecule is N=C(N)N.NCc1ccccc1. The minimum absolute atomic E-state index is 0.333. The number of rotatable bonds is 1. The van der Waals surface area contributed by atoms with E-state index in [1.54, 1.807) is 0 Å². The summed E-state index contributed by atoms with van der Waals surface area (Å²) in [4.78, 5) is 0. The van der Waals surface area contributed by atoms with E-state index < -0.39 is 0 Å². The Balaban J connectivity index is 0.000000261. The molecule has 0 aliphatic heterocycles. The van der Waals surface area contributed by atoms with Gasteiger partial charge < -0.3 is 17.2 Å². The van der Waals surface area contributed by atoms with E-state index >= 15 is 0 Å². The van der Waals surface area contributed by atoms with Gasteiger partial charge in [-0.3, -0.25) is 5.41 Å². The molecular weight excluding hydrogens is 152 g/mol. The summed E-state index contributed by atoms with van der Waals surface area (Å²) in [5.41, 5.74) is 15.5. The van der Waals surface area contributed by atoms with Gasteiger partial charge in [-0.05, 0) is 5.56 Å². The molecule has 0 unspecified atom stereocenters. The Hall–Kier alpha value is -1.55. The molecule has 0 atom stereocenters. The van der Waals surface area contributed by atoms with Gasteiger partial charge >= 0.3 is 0 Å². The van der Waals surface area contributed by atoms with Crippen LogP contribution < -0.4 is 17.2 Å². The van der Waals surface area contributed by atoms with E-state index in [4.69, 9.17) is 11.1 Å². The van der Waals surface area contributed by atoms with Gasteiger partial charge in [-0.2, -0.15) is 0 Å². The van der Waals surface area contributed by atoms with Crippen LogP contribution in [0.15, 0.2) is 30.3 Å². The van der Waals surface area contributed by atoms with Gasteiger partial charge in [-0.15, -0.1) is 0 Å². The van der Waals surface area contributed by atoms with Crippen molar-refractivity contribution in [3.8, 4) is 0 Å². The second kappa shape index (κ2) is 6.18. The van der Waals surface area contributed by atoms with Crippen molar-refractivity contribution in [1.82, 2.24) is 0 Å². The van der Waals surface area contributed by atoms with Gasteiger partial charge in [0.2, 0.25) is 0 Å². The highest BCUT2D eigenvalue weighted by atomic mass is 14.9. The first-order valence-electron chi connectivity index (χ1n) is 3.50. The summed E-state index contributed by atoms with van der Waals surface area (Å²) in [6.07, 6.45) is 0. The van der Waals surface area contributed by atoms with Crippen molar-refractivity contribution in [3.63, 3.8) is 0 Å². The zero-order valence-electron chi connectivity index (χ0n) is 6.83. The van der Waals surface area contributed by atoms with Crippen molar-refractivity contribution in [1.29, 1.82) is 5.41 Å². The van der Waals surface area contributed by atoms with Crippen LogP contribution in [-0.4, -0.2) is 5.96 Å². The summed E-state index contributed by atoms with van der Waals surface area (Å²) in [5, 5.41) is 6.06. The molecule has 0 heterocycles. The zero-order valence-corrected chi connectivity index (χ0v) is 6.83. The van der Waals surface area contributed by atoms with Gasteiger partial charge in [0.15, 0.2) is 5.96 Å². The highest BCUT2D eigenvalue weighted by Crippen LogP contribution is 1.94. The minimum Gasteiger partial charge on any atom is -0.370 e. The number of benzene rings is 1. The van der Waals surface area contributed by atoms with Gasteiger partial charge in [0.1, 0.15) is 0 Å². The van der Waals surface area contributed by atoms with Gasteiger partial charge in [0.25, 0.3) is 0 Å². The minimum atomic E-state index is -0.333. The third kappa shape index (κ3) is 6.57. The van der Waals surface area contributed by atoms with Crippen LogP contribution in [-0.2, 0) is 6.54 Å². The molecule has 4 nitrogen and oxygen atoms in total. The van der Waals surface area contributed by atoms with Crippen molar-refractivity contribution < 1.29 is 0 Å². The third-order valence-electron chi connectivity index (χ3n) is 1.08. The first kappa shape index (κ1) is 10.4. The molecule has 1 rings (SSSR count). The van der Waals surface area contributed by atoms with Crippen LogP contribution in [0.2, 0.25) is 0 Å². The van der Waals surface area contributed by atoms with Crippen LogP contribution in [0, 0.1) is 5.41 Å². The Morgan fingerprint density at radius 3 is 1.83 bits per heavy atom. The lowest BCUT2D eigenvalue weighted by atomic mass is 10.2. The Labute approximate surface area is 71.9 Å². The summed E-state index contributed by atoms with van der Waals surface area (Å²) in [6.45, 7) is 0.640. The molecule has 1 aromatic carbocycles. The van der Waals surface area contributed by atoms with E-state index in [1.165, 1.54) is 5.56 Å². The topological polar surface area (TPSA) is 102 Å². The fourth-order valence-electron chi connectivity index (χ4n) is 0.614. The number of nitrogens with one attached hydrogen (secondary N) is 1. The number of nitrogens with two attached hydrogens (primary N) is 3. The predicted molar refractivity (Wildman–Crippen MR) is 50.4 cm³/mol. The van der Waals surface area contributed by atoms with Crippen molar-refractivity contribution in [3.05, 3.63) is 35.9 Å². The number of hydrogen-bond donors (Lipinski definition) is 4. The van der Waals surface area contributed by atoms with E-state index in [-0.39, 0.29) is 5.96 Å². The number of guanidine groups is 1. The van der Waals surface area contributed by atoms with Crippen LogP contribution in [0.25, 0.3) is 0 Å². The molecule has 7 N–H and O–H groups in total. The molecule has 66 valence electrons. The second-order valence-electron chi connectivity index (χ2n) is 2.15. The summed E-state index contributed by atoms with van der Waals surface area (Å²) >= 11 is 0. The van der Waals surface area contributed by atoms with E-state index in [2.05, 4.69) is 11.5 Å². The highest BCUT2D eigenvalue weighted by molar-refractivity contribution is 5.71. The first-order chi connectivity index (χ1) is 5.66. The lowest BCUT2D eigenvalue weighted by molar-refractivity contribution is 1.07. The maximum Gasteiger partial charge on any atom is 0.183 e. The Morgan fingerprint density at radius 2 is 1.58 bits per heavy atom. The first-order valence-corrected chi connectivity index (χ1v) is 3.50. The third-order valence-corrected chi connectivity index (χ3v) is 1.08. The fourth-order valence-corrected chi connectivity index (χ4v) is 0.614. The van der Waals surface area contributed by atoms with Crippen molar-refractivity contribution in [2.45, 2.75) is 6.54 Å². The standard InChI is InChI=1S/C7H9N.CH5N3/c8-6-7-4-2-1-3-5-7;2-1(3)4/h1-5H,6,8H2;(H5,2,3,4). The molecular formula is C8H14N4. The molecule has 0 fully saturated rings. The molecule has 0 aliphatic rings. The van der Waals surface area contributed by atoms with Gasteiger partial charge in [-0.25, -0.2) is 0 Å². The average molecular weight is 166 g/mol. The molecule has 4 heteroatoms. The molecule has 0 saturated heterocycles. The molecule has 0 aromatic heterocycles. The van der Waals surface area contributed by atoms with Crippen molar-refractivity contribution in [2.24, 2.45) is 17.2 Å². The zero-order chi connectivity index (χ0) is 9.40. The number of hydrogen-bond acceptors (Lipinski definition) is 2. The smallest absolute Gasteiger partial charge is 0.183 e. The Bertz CT molecular complexity index is 216. The van der Waals surface area contributed by atoms with E-state index in [0.717, 1.165) is 0 Å². The Kier molecular flexibility index (Phi) is 5.38. The summed E-state index contributed by atoms with van der Waals surface area (Å²) in [7, 11) is 0. The molecule has 0 amide bonds. The summed E-state index contributed by atoms with van der Waals surface area (Å²) in [6, 6.07) is 9.99. The van der Waals surface area contributed by atoms with E-state index in [0.29, 0.717) is 6.54 Å². The largest absolute Gasteiger partial charge is 0.370 e. The quantitative estimate of drug-likeness (QED) is 0.348. The fraction of sp³-hybridized carbons (Fsp3) is 0.125. The van der Waals surface area contributed by atoms with E-state index in [9.17, 15) is 0 Å². The lowest BCUT2D eigenvalue weighted by Crippen LogP contribution is -2.20. The van der Waals surface area contributed by atoms with Crippen molar-refractivity contribution in [2.75, 3.05) is 0 Å². The van der Waals surface area contributed by atoms with Crippen molar-refractivity contribution >= 4 is 5.96 Å². The van der Waals surface area contributed by atoms with Crippen LogP contribution in [0.4, 0.5) is 0 Å². The molecule has 0 saturated carbocycles. The molecule has 0 spiro atoms. The van der Waals surface area contributed by atoms with Crippen LogP contribution in [0.3, 0.4) is 0 Å². The normalized spacial score (nSPS) is 8.08. The lowest BCUT2D eigenvalue weighted by Gasteiger charge is -1.90. The molecule has 0 bridgehead atoms. The summed E-state index contributed by atoms with van der Waals surface area (Å²) in [5.74, 6) is -0.333. The maximum atomic E-state index is 6.06. The van der Waals surface area contributed by atoms with Crippen LogP contribution >= 0.6 is 0 Å². The maximum absolute atomic E-state index is 6.06. The van der Waals surface area contributed by atoms with Gasteiger partial charge in [-0.1, -0.05) is 30.3 Å². The predicted octanol–water partition coefficient (Wildman–Crippen LogP) is -0.0161.